The van der Waals surface area contributed by atoms with Crippen molar-refractivity contribution in [3.05, 3.63) is 47.2 Å². The molecule has 6 heteroatoms. The third-order valence-corrected chi connectivity index (χ3v) is 4.27. The number of unbranched alkanes of at least 4 members (excludes halogenated alkanes) is 1. The summed E-state index contributed by atoms with van der Waals surface area (Å²) in [6.07, 6.45) is 3.27. The van der Waals surface area contributed by atoms with Crippen LogP contribution < -0.4 is 5.32 Å². The summed E-state index contributed by atoms with van der Waals surface area (Å²) >= 11 is 0. The predicted molar refractivity (Wildman–Crippen MR) is 106 cm³/mol. The highest BCUT2D eigenvalue weighted by Gasteiger charge is 2.29. The van der Waals surface area contributed by atoms with Crippen LogP contribution in [0.2, 0.25) is 0 Å². The average molecular weight is 371 g/mol. The van der Waals surface area contributed by atoms with Crippen molar-refractivity contribution >= 4 is 17.6 Å². The SMILES string of the molecule is CCCCc1ccc(C(=O)N(CC(=O)Nc2cc(C)on2)C(C)(C)C)cc1. The minimum absolute atomic E-state index is 0.0637. The summed E-state index contributed by atoms with van der Waals surface area (Å²) in [4.78, 5) is 27.0. The van der Waals surface area contributed by atoms with Gasteiger partial charge < -0.3 is 14.7 Å². The van der Waals surface area contributed by atoms with Crippen LogP contribution in [0.5, 0.6) is 0 Å². The Hall–Kier alpha value is -2.63. The van der Waals surface area contributed by atoms with Crippen molar-refractivity contribution in [1.82, 2.24) is 10.1 Å². The van der Waals surface area contributed by atoms with E-state index in [0.717, 1.165) is 19.3 Å². The molecule has 2 amide bonds. The molecule has 0 saturated heterocycles. The average Bonchev–Trinajstić information content (AvgIpc) is 3.01. The van der Waals surface area contributed by atoms with Crippen molar-refractivity contribution in [1.29, 1.82) is 0 Å². The lowest BCUT2D eigenvalue weighted by atomic mass is 10.0. The van der Waals surface area contributed by atoms with Gasteiger partial charge in [-0.05, 0) is 58.2 Å². The van der Waals surface area contributed by atoms with E-state index in [1.807, 2.05) is 45.0 Å². The fraction of sp³-hybridized carbons (Fsp3) is 0.476. The topological polar surface area (TPSA) is 75.4 Å². The van der Waals surface area contributed by atoms with E-state index in [1.54, 1.807) is 17.9 Å². The van der Waals surface area contributed by atoms with Gasteiger partial charge in [0.1, 0.15) is 12.3 Å². The van der Waals surface area contributed by atoms with E-state index in [2.05, 4.69) is 17.4 Å². The molecular formula is C21H29N3O3. The number of aryl methyl sites for hydroxylation is 2. The second-order valence-corrected chi connectivity index (χ2v) is 7.73. The molecule has 146 valence electrons. The van der Waals surface area contributed by atoms with Gasteiger partial charge in [0.25, 0.3) is 5.91 Å². The van der Waals surface area contributed by atoms with Crippen molar-refractivity contribution in [2.24, 2.45) is 0 Å². The molecule has 0 radical (unpaired) electrons. The van der Waals surface area contributed by atoms with Gasteiger partial charge in [-0.3, -0.25) is 9.59 Å². The monoisotopic (exact) mass is 371 g/mol. The molecular weight excluding hydrogens is 342 g/mol. The number of rotatable bonds is 7. The largest absolute Gasteiger partial charge is 0.360 e. The van der Waals surface area contributed by atoms with Crippen LogP contribution in [-0.4, -0.2) is 34.0 Å². The first-order chi connectivity index (χ1) is 12.7. The van der Waals surface area contributed by atoms with Crippen LogP contribution in [0.4, 0.5) is 5.82 Å². The van der Waals surface area contributed by atoms with Crippen LogP contribution in [0.25, 0.3) is 0 Å². The quantitative estimate of drug-likeness (QED) is 0.791. The number of nitrogens with zero attached hydrogens (tertiary/aromatic N) is 2. The number of benzene rings is 1. The standard InChI is InChI=1S/C21H29N3O3/c1-6-7-8-16-9-11-17(12-10-16)20(26)24(21(3,4)5)14-19(25)22-18-13-15(2)27-23-18/h9-13H,6-8,14H2,1-5H3,(H,22,23,25). The highest BCUT2D eigenvalue weighted by atomic mass is 16.5. The Morgan fingerprint density at radius 1 is 1.19 bits per heavy atom. The molecule has 27 heavy (non-hydrogen) atoms. The minimum Gasteiger partial charge on any atom is -0.360 e. The van der Waals surface area contributed by atoms with Crippen molar-refractivity contribution < 1.29 is 14.1 Å². The minimum atomic E-state index is -0.505. The highest BCUT2D eigenvalue weighted by molar-refractivity contribution is 5.99. The van der Waals surface area contributed by atoms with Gasteiger partial charge in [0, 0.05) is 17.2 Å². The zero-order chi connectivity index (χ0) is 20.0. The number of hydrogen-bond donors (Lipinski definition) is 1. The van der Waals surface area contributed by atoms with E-state index >= 15 is 0 Å². The molecule has 1 N–H and O–H groups in total. The molecule has 0 spiro atoms. The van der Waals surface area contributed by atoms with Gasteiger partial charge in [-0.2, -0.15) is 0 Å². The van der Waals surface area contributed by atoms with Crippen molar-refractivity contribution in [3.63, 3.8) is 0 Å². The van der Waals surface area contributed by atoms with Gasteiger partial charge in [0.15, 0.2) is 5.82 Å². The van der Waals surface area contributed by atoms with Gasteiger partial charge in [0.05, 0.1) is 0 Å². The zero-order valence-corrected chi connectivity index (χ0v) is 16.8. The highest BCUT2D eigenvalue weighted by Crippen LogP contribution is 2.19. The van der Waals surface area contributed by atoms with Crippen LogP contribution in [0.15, 0.2) is 34.9 Å². The Morgan fingerprint density at radius 3 is 2.37 bits per heavy atom. The van der Waals surface area contributed by atoms with Crippen LogP contribution in [0, 0.1) is 6.92 Å². The smallest absolute Gasteiger partial charge is 0.254 e. The van der Waals surface area contributed by atoms with Gasteiger partial charge in [-0.15, -0.1) is 0 Å². The lowest BCUT2D eigenvalue weighted by Crippen LogP contribution is -2.49. The van der Waals surface area contributed by atoms with Gasteiger partial charge in [-0.25, -0.2) is 0 Å². The van der Waals surface area contributed by atoms with E-state index in [1.165, 1.54) is 5.56 Å². The molecule has 0 saturated carbocycles. The van der Waals surface area contributed by atoms with E-state index < -0.39 is 5.54 Å². The van der Waals surface area contributed by atoms with Gasteiger partial charge in [0.2, 0.25) is 5.91 Å². The first kappa shape index (κ1) is 20.7. The lowest BCUT2D eigenvalue weighted by Gasteiger charge is -2.35. The molecule has 0 bridgehead atoms. The maximum absolute atomic E-state index is 13.0. The van der Waals surface area contributed by atoms with Crippen molar-refractivity contribution in [2.75, 3.05) is 11.9 Å². The molecule has 2 rings (SSSR count). The Bertz CT molecular complexity index is 773. The van der Waals surface area contributed by atoms with Crippen LogP contribution in [0.3, 0.4) is 0 Å². The number of carbonyl (C=O) groups excluding carboxylic acids is 2. The number of nitrogens with one attached hydrogen (secondary N) is 1. The first-order valence-electron chi connectivity index (χ1n) is 9.34. The Morgan fingerprint density at radius 2 is 1.85 bits per heavy atom. The Balaban J connectivity index is 2.10. The fourth-order valence-corrected chi connectivity index (χ4v) is 2.72. The molecule has 1 aromatic heterocycles. The summed E-state index contributed by atoms with van der Waals surface area (Å²) < 4.78 is 4.95. The lowest BCUT2D eigenvalue weighted by molar-refractivity contribution is -0.117. The second kappa shape index (κ2) is 8.84. The summed E-state index contributed by atoms with van der Waals surface area (Å²) in [6.45, 7) is 9.57. The molecule has 1 heterocycles. The molecule has 0 aliphatic carbocycles. The third-order valence-electron chi connectivity index (χ3n) is 4.27. The number of hydrogen-bond acceptors (Lipinski definition) is 4. The Kier molecular flexibility index (Phi) is 6.77. The van der Waals surface area contributed by atoms with E-state index in [0.29, 0.717) is 17.1 Å². The molecule has 1 aromatic carbocycles. The van der Waals surface area contributed by atoms with Crippen LogP contribution >= 0.6 is 0 Å². The number of amides is 2. The first-order valence-corrected chi connectivity index (χ1v) is 9.34. The van der Waals surface area contributed by atoms with Crippen LogP contribution in [0.1, 0.15) is 62.2 Å². The molecule has 0 atom stereocenters. The maximum atomic E-state index is 13.0. The zero-order valence-electron chi connectivity index (χ0n) is 16.8. The Labute approximate surface area is 160 Å². The maximum Gasteiger partial charge on any atom is 0.254 e. The van der Waals surface area contributed by atoms with Crippen molar-refractivity contribution in [2.45, 2.75) is 59.4 Å². The second-order valence-electron chi connectivity index (χ2n) is 7.73. The normalized spacial score (nSPS) is 11.3. The number of aromatic nitrogens is 1. The summed E-state index contributed by atoms with van der Waals surface area (Å²) in [5.74, 6) is 0.471. The fourth-order valence-electron chi connectivity index (χ4n) is 2.72. The molecule has 6 nitrogen and oxygen atoms in total. The number of carbonyl (C=O) groups is 2. The molecule has 0 aliphatic heterocycles. The molecule has 2 aromatic rings. The van der Waals surface area contributed by atoms with E-state index in [-0.39, 0.29) is 18.4 Å². The predicted octanol–water partition coefficient (Wildman–Crippen LogP) is 4.21. The number of anilines is 1. The third kappa shape index (κ3) is 5.94. The molecule has 0 aliphatic rings. The molecule has 0 unspecified atom stereocenters. The van der Waals surface area contributed by atoms with Gasteiger partial charge >= 0.3 is 0 Å². The summed E-state index contributed by atoms with van der Waals surface area (Å²) in [6, 6.07) is 9.29. The molecule has 0 fully saturated rings. The van der Waals surface area contributed by atoms with Gasteiger partial charge in [-0.1, -0.05) is 30.6 Å². The van der Waals surface area contributed by atoms with E-state index in [4.69, 9.17) is 4.52 Å². The van der Waals surface area contributed by atoms with Crippen molar-refractivity contribution in [3.8, 4) is 0 Å². The summed E-state index contributed by atoms with van der Waals surface area (Å²) in [5, 5.41) is 6.42. The van der Waals surface area contributed by atoms with Crippen LogP contribution in [-0.2, 0) is 11.2 Å². The summed E-state index contributed by atoms with van der Waals surface area (Å²) in [7, 11) is 0. The van der Waals surface area contributed by atoms with E-state index in [9.17, 15) is 9.59 Å². The summed E-state index contributed by atoms with van der Waals surface area (Å²) in [5.41, 5.74) is 1.29.